The van der Waals surface area contributed by atoms with Crippen molar-refractivity contribution in [2.45, 2.75) is 18.9 Å². The lowest BCUT2D eigenvalue weighted by Gasteiger charge is -2.33. The molecule has 0 aromatic carbocycles. The Balaban J connectivity index is 1.66. The first-order valence-corrected chi connectivity index (χ1v) is 8.20. The number of rotatable bonds is 3. The van der Waals surface area contributed by atoms with E-state index in [0.29, 0.717) is 24.3 Å². The van der Waals surface area contributed by atoms with Gasteiger partial charge < -0.3 is 14.8 Å². The molecule has 0 unspecified atom stereocenters. The van der Waals surface area contributed by atoms with Crippen molar-refractivity contribution in [3.05, 3.63) is 57.1 Å². The van der Waals surface area contributed by atoms with E-state index in [0.717, 1.165) is 17.4 Å². The van der Waals surface area contributed by atoms with Crippen LogP contribution in [0.4, 0.5) is 5.69 Å². The van der Waals surface area contributed by atoms with Gasteiger partial charge in [0.05, 0.1) is 0 Å². The lowest BCUT2D eigenvalue weighted by atomic mass is 10.0. The maximum absolute atomic E-state index is 12.3. The van der Waals surface area contributed by atoms with Crippen LogP contribution in [0.3, 0.4) is 0 Å². The Morgan fingerprint density at radius 1 is 1.16 bits per heavy atom. The Labute approximate surface area is 144 Å². The van der Waals surface area contributed by atoms with E-state index in [9.17, 15) is 14.4 Å². The van der Waals surface area contributed by atoms with Gasteiger partial charge in [-0.1, -0.05) is 0 Å². The third kappa shape index (κ3) is 3.47. The van der Waals surface area contributed by atoms with Crippen LogP contribution in [0.1, 0.15) is 23.2 Å². The molecule has 0 bridgehead atoms. The van der Waals surface area contributed by atoms with Crippen LogP contribution >= 0.6 is 0 Å². The largest absolute Gasteiger partial charge is 0.366 e. The summed E-state index contributed by atoms with van der Waals surface area (Å²) in [4.78, 5) is 42.2. The average Bonchev–Trinajstić information content (AvgIpc) is 2.64. The fourth-order valence-corrected chi connectivity index (χ4v) is 3.04. The molecule has 3 rings (SSSR count). The summed E-state index contributed by atoms with van der Waals surface area (Å²) in [5.41, 5.74) is 0.475. The Kier molecular flexibility index (Phi) is 4.69. The molecule has 8 heteroatoms. The summed E-state index contributed by atoms with van der Waals surface area (Å²) in [6.45, 7) is 1.30. The number of anilines is 1. The minimum atomic E-state index is -0.340. The molecule has 0 radical (unpaired) electrons. The normalized spacial score (nSPS) is 15.2. The molecule has 0 spiro atoms. The van der Waals surface area contributed by atoms with Crippen LogP contribution in [0.5, 0.6) is 0 Å². The summed E-state index contributed by atoms with van der Waals surface area (Å²) in [5.74, 6) is -0.112. The van der Waals surface area contributed by atoms with Crippen molar-refractivity contribution in [3.8, 4) is 0 Å². The van der Waals surface area contributed by atoms with Gasteiger partial charge in [-0.3, -0.25) is 19.1 Å². The van der Waals surface area contributed by atoms with Gasteiger partial charge in [0, 0.05) is 57.4 Å². The van der Waals surface area contributed by atoms with E-state index in [1.54, 1.807) is 37.8 Å². The fraction of sp³-hybridized carbons (Fsp3) is 0.412. The minimum Gasteiger partial charge on any atom is -0.366 e. The summed E-state index contributed by atoms with van der Waals surface area (Å²) in [5, 5.41) is 3.02. The number of hydrogen-bond acceptors (Lipinski definition) is 5. The first-order chi connectivity index (χ1) is 12.0. The molecule has 1 fully saturated rings. The summed E-state index contributed by atoms with van der Waals surface area (Å²) >= 11 is 0. The zero-order valence-electron chi connectivity index (χ0n) is 14.3. The van der Waals surface area contributed by atoms with Gasteiger partial charge in [0.25, 0.3) is 11.5 Å². The van der Waals surface area contributed by atoms with Gasteiger partial charge in [-0.2, -0.15) is 0 Å². The Hall–Kier alpha value is -2.90. The van der Waals surface area contributed by atoms with Crippen LogP contribution < -0.4 is 21.5 Å². The number of nitrogens with zero attached hydrogens (tertiary/aromatic N) is 4. The van der Waals surface area contributed by atoms with Gasteiger partial charge in [-0.05, 0) is 25.0 Å². The molecule has 1 amide bonds. The van der Waals surface area contributed by atoms with Crippen molar-refractivity contribution in [1.82, 2.24) is 19.4 Å². The van der Waals surface area contributed by atoms with E-state index >= 15 is 0 Å². The molecule has 2 aromatic rings. The predicted molar refractivity (Wildman–Crippen MR) is 93.9 cm³/mol. The van der Waals surface area contributed by atoms with Gasteiger partial charge in [-0.25, -0.2) is 4.79 Å². The van der Waals surface area contributed by atoms with E-state index in [1.165, 1.54) is 11.6 Å². The van der Waals surface area contributed by atoms with Crippen molar-refractivity contribution in [2.75, 3.05) is 18.0 Å². The standard InChI is InChI=1S/C17H21N5O3/c1-20-11-14(16(24)21(2)17(20)25)22-9-5-13(6-10-22)19-15(23)12-3-7-18-8-4-12/h3-4,7-8,11,13H,5-6,9-10H2,1-2H3,(H,19,23). The number of carbonyl (C=O) groups is 1. The summed E-state index contributed by atoms with van der Waals surface area (Å²) in [7, 11) is 3.11. The molecule has 1 aliphatic heterocycles. The highest BCUT2D eigenvalue weighted by molar-refractivity contribution is 5.94. The molecule has 0 aliphatic carbocycles. The molecule has 2 aromatic heterocycles. The Morgan fingerprint density at radius 2 is 1.80 bits per heavy atom. The quantitative estimate of drug-likeness (QED) is 0.839. The molecule has 3 heterocycles. The zero-order chi connectivity index (χ0) is 18.0. The maximum Gasteiger partial charge on any atom is 0.330 e. The van der Waals surface area contributed by atoms with E-state index in [2.05, 4.69) is 10.3 Å². The van der Waals surface area contributed by atoms with Crippen LogP contribution in [-0.4, -0.2) is 39.2 Å². The average molecular weight is 343 g/mol. The number of amides is 1. The zero-order valence-corrected chi connectivity index (χ0v) is 14.3. The highest BCUT2D eigenvalue weighted by Crippen LogP contribution is 2.16. The minimum absolute atomic E-state index is 0.0632. The molecule has 1 saturated heterocycles. The third-order valence-electron chi connectivity index (χ3n) is 4.54. The summed E-state index contributed by atoms with van der Waals surface area (Å²) in [6.07, 6.45) is 6.24. The van der Waals surface area contributed by atoms with Crippen molar-refractivity contribution in [1.29, 1.82) is 0 Å². The van der Waals surface area contributed by atoms with E-state index < -0.39 is 0 Å². The number of pyridine rings is 1. The predicted octanol–water partition coefficient (Wildman–Crippen LogP) is -0.122. The molecule has 1 N–H and O–H groups in total. The van der Waals surface area contributed by atoms with Crippen LogP contribution in [-0.2, 0) is 14.1 Å². The van der Waals surface area contributed by atoms with Crippen LogP contribution in [0, 0.1) is 0 Å². The molecule has 1 aliphatic rings. The van der Waals surface area contributed by atoms with E-state index in [-0.39, 0.29) is 23.2 Å². The maximum atomic E-state index is 12.3. The molecule has 132 valence electrons. The molecule has 8 nitrogen and oxygen atoms in total. The highest BCUT2D eigenvalue weighted by Gasteiger charge is 2.23. The number of aromatic nitrogens is 3. The summed E-state index contributed by atoms with van der Waals surface area (Å²) < 4.78 is 2.53. The first kappa shape index (κ1) is 16.9. The van der Waals surface area contributed by atoms with Gasteiger partial charge >= 0.3 is 5.69 Å². The number of hydrogen-bond donors (Lipinski definition) is 1. The van der Waals surface area contributed by atoms with Crippen molar-refractivity contribution < 1.29 is 4.79 Å². The van der Waals surface area contributed by atoms with Gasteiger partial charge in [-0.15, -0.1) is 0 Å². The van der Waals surface area contributed by atoms with Crippen LogP contribution in [0.2, 0.25) is 0 Å². The number of nitrogens with one attached hydrogen (secondary N) is 1. The number of aryl methyl sites for hydroxylation is 1. The van der Waals surface area contributed by atoms with E-state index in [1.807, 2.05) is 4.90 Å². The van der Waals surface area contributed by atoms with Crippen molar-refractivity contribution in [2.24, 2.45) is 14.1 Å². The van der Waals surface area contributed by atoms with E-state index in [4.69, 9.17) is 0 Å². The lowest BCUT2D eigenvalue weighted by molar-refractivity contribution is 0.0931. The molecule has 0 saturated carbocycles. The topological polar surface area (TPSA) is 89.2 Å². The lowest BCUT2D eigenvalue weighted by Crippen LogP contribution is -2.47. The Morgan fingerprint density at radius 3 is 2.44 bits per heavy atom. The SMILES string of the molecule is Cn1cc(N2CCC(NC(=O)c3ccncc3)CC2)c(=O)n(C)c1=O. The second-order valence-electron chi connectivity index (χ2n) is 6.24. The monoisotopic (exact) mass is 343 g/mol. The second kappa shape index (κ2) is 6.92. The van der Waals surface area contributed by atoms with Crippen molar-refractivity contribution in [3.63, 3.8) is 0 Å². The van der Waals surface area contributed by atoms with Crippen LogP contribution in [0.25, 0.3) is 0 Å². The van der Waals surface area contributed by atoms with Gasteiger partial charge in [0.2, 0.25) is 0 Å². The van der Waals surface area contributed by atoms with Gasteiger partial charge in [0.1, 0.15) is 5.69 Å². The molecular formula is C17H21N5O3. The van der Waals surface area contributed by atoms with Crippen LogP contribution in [0.15, 0.2) is 40.3 Å². The van der Waals surface area contributed by atoms with Gasteiger partial charge in [0.15, 0.2) is 0 Å². The highest BCUT2D eigenvalue weighted by atomic mass is 16.2. The number of carbonyl (C=O) groups excluding carboxylic acids is 1. The van der Waals surface area contributed by atoms with Crippen molar-refractivity contribution >= 4 is 11.6 Å². The summed E-state index contributed by atoms with van der Waals surface area (Å²) in [6, 6.07) is 3.42. The third-order valence-corrected chi connectivity index (χ3v) is 4.54. The molecule has 25 heavy (non-hydrogen) atoms. The first-order valence-electron chi connectivity index (χ1n) is 8.20. The Bertz CT molecular complexity index is 879. The molecular weight excluding hydrogens is 322 g/mol. The molecule has 0 atom stereocenters. The number of piperidine rings is 1. The second-order valence-corrected chi connectivity index (χ2v) is 6.24. The fourth-order valence-electron chi connectivity index (χ4n) is 3.04. The smallest absolute Gasteiger partial charge is 0.330 e.